The van der Waals surface area contributed by atoms with Gasteiger partial charge in [-0.3, -0.25) is 14.4 Å². The molecule has 1 aliphatic heterocycles. The van der Waals surface area contributed by atoms with Crippen molar-refractivity contribution in [2.75, 3.05) is 20.6 Å². The zero-order valence-electron chi connectivity index (χ0n) is 12.2. The molecular weight excluding hydrogens is 290 g/mol. The molecule has 0 radical (unpaired) electrons. The molecule has 2 rings (SSSR count). The van der Waals surface area contributed by atoms with Crippen molar-refractivity contribution < 1.29 is 14.4 Å². The van der Waals surface area contributed by atoms with Gasteiger partial charge in [0.2, 0.25) is 17.7 Å². The van der Waals surface area contributed by atoms with Gasteiger partial charge in [-0.25, -0.2) is 0 Å². The number of hydrogen-bond donors (Lipinski definition) is 1. The fourth-order valence-electron chi connectivity index (χ4n) is 2.21. The fourth-order valence-corrected chi connectivity index (χ4v) is 2.92. The molecular formula is C14H19N3O3S. The smallest absolute Gasteiger partial charge is 0.243 e. The number of thiophene rings is 1. The average molecular weight is 309 g/mol. The molecule has 1 aliphatic rings. The summed E-state index contributed by atoms with van der Waals surface area (Å²) >= 11 is 1.56. The van der Waals surface area contributed by atoms with Crippen LogP contribution in [0.4, 0.5) is 0 Å². The lowest BCUT2D eigenvalue weighted by Gasteiger charge is -2.23. The Hall–Kier alpha value is -1.89. The Balaban J connectivity index is 1.95. The molecule has 0 bridgehead atoms. The minimum atomic E-state index is -0.477. The molecule has 6 nitrogen and oxygen atoms in total. The number of carbonyl (C=O) groups is 3. The Labute approximate surface area is 127 Å². The molecule has 1 saturated heterocycles. The first-order valence-electron chi connectivity index (χ1n) is 6.78. The van der Waals surface area contributed by atoms with Crippen LogP contribution in [-0.2, 0) is 20.9 Å². The van der Waals surface area contributed by atoms with Crippen molar-refractivity contribution in [1.29, 1.82) is 0 Å². The maximum atomic E-state index is 12.2. The average Bonchev–Trinajstić information content (AvgIpc) is 3.07. The zero-order valence-corrected chi connectivity index (χ0v) is 13.0. The van der Waals surface area contributed by atoms with Crippen LogP contribution in [0, 0.1) is 0 Å². The highest BCUT2D eigenvalue weighted by atomic mass is 32.1. The van der Waals surface area contributed by atoms with Crippen LogP contribution >= 0.6 is 11.3 Å². The standard InChI is InChI=1S/C14H19N3O3S/c1-16(2)13(19)8-15-14(20)11-5-6-12(18)17(11)9-10-4-3-7-21-10/h3-4,7,11H,5-6,8-9H2,1-2H3,(H,15,20)/t11-/m0/s1. The van der Waals surface area contributed by atoms with Crippen molar-refractivity contribution >= 4 is 29.1 Å². The quantitative estimate of drug-likeness (QED) is 0.858. The summed E-state index contributed by atoms with van der Waals surface area (Å²) in [5, 5.41) is 4.56. The van der Waals surface area contributed by atoms with Crippen LogP contribution in [0.1, 0.15) is 17.7 Å². The molecule has 0 unspecified atom stereocenters. The molecule has 1 aromatic heterocycles. The molecule has 1 atom stereocenters. The summed E-state index contributed by atoms with van der Waals surface area (Å²) < 4.78 is 0. The van der Waals surface area contributed by atoms with Crippen LogP contribution in [0.2, 0.25) is 0 Å². The second-order valence-electron chi connectivity index (χ2n) is 5.16. The number of amides is 3. The van der Waals surface area contributed by atoms with E-state index in [1.807, 2.05) is 17.5 Å². The number of nitrogens with zero attached hydrogens (tertiary/aromatic N) is 2. The molecule has 114 valence electrons. The summed E-state index contributed by atoms with van der Waals surface area (Å²) in [6.45, 7) is 0.416. The van der Waals surface area contributed by atoms with Crippen molar-refractivity contribution in [2.24, 2.45) is 0 Å². The molecule has 21 heavy (non-hydrogen) atoms. The fraction of sp³-hybridized carbons (Fsp3) is 0.500. The highest BCUT2D eigenvalue weighted by Gasteiger charge is 2.36. The summed E-state index contributed by atoms with van der Waals surface area (Å²) in [4.78, 5) is 39.7. The Morgan fingerprint density at radius 2 is 2.24 bits per heavy atom. The van der Waals surface area contributed by atoms with E-state index in [9.17, 15) is 14.4 Å². The SMILES string of the molecule is CN(C)C(=O)CNC(=O)[C@@H]1CCC(=O)N1Cc1cccs1. The number of rotatable bonds is 5. The van der Waals surface area contributed by atoms with Crippen LogP contribution in [0.5, 0.6) is 0 Å². The van der Waals surface area contributed by atoms with Gasteiger partial charge >= 0.3 is 0 Å². The number of likely N-dealkylation sites (tertiary alicyclic amines) is 1. The van der Waals surface area contributed by atoms with Crippen LogP contribution in [-0.4, -0.2) is 54.2 Å². The van der Waals surface area contributed by atoms with E-state index >= 15 is 0 Å². The highest BCUT2D eigenvalue weighted by Crippen LogP contribution is 2.23. The van der Waals surface area contributed by atoms with Gasteiger partial charge in [0, 0.05) is 25.4 Å². The molecule has 0 aliphatic carbocycles. The number of carbonyl (C=O) groups excluding carboxylic acids is 3. The van der Waals surface area contributed by atoms with Gasteiger partial charge in [0.1, 0.15) is 6.04 Å². The third-order valence-electron chi connectivity index (χ3n) is 3.45. The lowest BCUT2D eigenvalue weighted by molar-refractivity contribution is -0.136. The molecule has 1 N–H and O–H groups in total. The van der Waals surface area contributed by atoms with Crippen molar-refractivity contribution in [3.63, 3.8) is 0 Å². The van der Waals surface area contributed by atoms with Crippen molar-refractivity contribution in [3.8, 4) is 0 Å². The van der Waals surface area contributed by atoms with Crippen molar-refractivity contribution in [3.05, 3.63) is 22.4 Å². The van der Waals surface area contributed by atoms with Crippen LogP contribution in [0.15, 0.2) is 17.5 Å². The minimum Gasteiger partial charge on any atom is -0.347 e. The second kappa shape index (κ2) is 6.71. The van der Waals surface area contributed by atoms with E-state index in [0.29, 0.717) is 19.4 Å². The Bertz CT molecular complexity index is 528. The number of hydrogen-bond acceptors (Lipinski definition) is 4. The van der Waals surface area contributed by atoms with Crippen LogP contribution in [0.3, 0.4) is 0 Å². The summed E-state index contributed by atoms with van der Waals surface area (Å²) in [6.07, 6.45) is 0.886. The van der Waals surface area contributed by atoms with Crippen LogP contribution in [0.25, 0.3) is 0 Å². The number of likely N-dealkylation sites (N-methyl/N-ethyl adjacent to an activating group) is 1. The molecule has 3 amide bonds. The van der Waals surface area contributed by atoms with Gasteiger partial charge in [-0.15, -0.1) is 11.3 Å². The summed E-state index contributed by atoms with van der Waals surface area (Å²) in [5.74, 6) is -0.437. The molecule has 1 aromatic rings. The predicted molar refractivity (Wildman–Crippen MR) is 79.6 cm³/mol. The first-order chi connectivity index (χ1) is 9.99. The largest absolute Gasteiger partial charge is 0.347 e. The minimum absolute atomic E-state index is 0.0116. The summed E-state index contributed by atoms with van der Waals surface area (Å²) in [7, 11) is 3.27. The van der Waals surface area contributed by atoms with Gasteiger partial charge in [0.05, 0.1) is 13.1 Å². The van der Waals surface area contributed by atoms with E-state index in [1.54, 1.807) is 30.3 Å². The van der Waals surface area contributed by atoms with E-state index < -0.39 is 6.04 Å². The predicted octanol–water partition coefficient (Wildman–Crippen LogP) is 0.443. The normalized spacial score (nSPS) is 17.9. The first-order valence-corrected chi connectivity index (χ1v) is 7.66. The van der Waals surface area contributed by atoms with Crippen molar-refractivity contribution in [1.82, 2.24) is 15.1 Å². The Morgan fingerprint density at radius 1 is 1.48 bits per heavy atom. The maximum absolute atomic E-state index is 12.2. The van der Waals surface area contributed by atoms with Gasteiger partial charge in [0.25, 0.3) is 0 Å². The topological polar surface area (TPSA) is 69.7 Å². The molecule has 0 saturated carbocycles. The van der Waals surface area contributed by atoms with Gasteiger partial charge in [-0.2, -0.15) is 0 Å². The lowest BCUT2D eigenvalue weighted by Crippen LogP contribution is -2.46. The van der Waals surface area contributed by atoms with Crippen molar-refractivity contribution in [2.45, 2.75) is 25.4 Å². The highest BCUT2D eigenvalue weighted by molar-refractivity contribution is 7.09. The lowest BCUT2D eigenvalue weighted by atomic mass is 10.2. The molecule has 1 fully saturated rings. The van der Waals surface area contributed by atoms with E-state index in [0.717, 1.165) is 4.88 Å². The third-order valence-corrected chi connectivity index (χ3v) is 4.31. The molecule has 0 aromatic carbocycles. The van der Waals surface area contributed by atoms with E-state index in [-0.39, 0.29) is 24.3 Å². The summed E-state index contributed by atoms with van der Waals surface area (Å²) in [5.41, 5.74) is 0. The van der Waals surface area contributed by atoms with Gasteiger partial charge in [-0.05, 0) is 17.9 Å². The maximum Gasteiger partial charge on any atom is 0.243 e. The zero-order chi connectivity index (χ0) is 15.4. The molecule has 2 heterocycles. The number of nitrogens with one attached hydrogen (secondary N) is 1. The van der Waals surface area contributed by atoms with E-state index in [4.69, 9.17) is 0 Å². The van der Waals surface area contributed by atoms with Crippen LogP contribution < -0.4 is 5.32 Å². The summed E-state index contributed by atoms with van der Waals surface area (Å²) in [6, 6.07) is 3.39. The van der Waals surface area contributed by atoms with Gasteiger partial charge in [0.15, 0.2) is 0 Å². The Kier molecular flexibility index (Phi) is 4.95. The third kappa shape index (κ3) is 3.81. The first kappa shape index (κ1) is 15.5. The molecule has 7 heteroatoms. The Morgan fingerprint density at radius 3 is 2.86 bits per heavy atom. The van der Waals surface area contributed by atoms with E-state index in [2.05, 4.69) is 5.32 Å². The molecule has 0 spiro atoms. The van der Waals surface area contributed by atoms with Gasteiger partial charge in [-0.1, -0.05) is 6.07 Å². The second-order valence-corrected chi connectivity index (χ2v) is 6.19. The van der Waals surface area contributed by atoms with E-state index in [1.165, 1.54) is 4.90 Å². The van der Waals surface area contributed by atoms with Gasteiger partial charge < -0.3 is 15.1 Å². The monoisotopic (exact) mass is 309 g/mol.